The predicted octanol–water partition coefficient (Wildman–Crippen LogP) is 1.78. The van der Waals surface area contributed by atoms with Gasteiger partial charge >= 0.3 is 5.97 Å². The molecule has 27 heavy (non-hydrogen) atoms. The first-order valence-electron chi connectivity index (χ1n) is 8.22. The highest BCUT2D eigenvalue weighted by molar-refractivity contribution is 6.30. The van der Waals surface area contributed by atoms with Crippen molar-refractivity contribution in [1.82, 2.24) is 9.80 Å². The van der Waals surface area contributed by atoms with Crippen LogP contribution in [-0.4, -0.2) is 65.5 Å². The number of hydrogen-bond donors (Lipinski definition) is 1. The summed E-state index contributed by atoms with van der Waals surface area (Å²) in [6.07, 6.45) is 1.43. The van der Waals surface area contributed by atoms with E-state index in [1.165, 1.54) is 29.4 Å². The van der Waals surface area contributed by atoms with E-state index >= 15 is 0 Å². The molecule has 0 saturated carbocycles. The number of hydrogen-bond acceptors (Lipinski definition) is 6. The number of aromatic hydroxyl groups is 1. The minimum atomic E-state index is -0.816. The molecule has 142 valence electrons. The van der Waals surface area contributed by atoms with Crippen molar-refractivity contribution >= 4 is 29.4 Å². The molecule has 1 aliphatic heterocycles. The number of amides is 2. The maximum absolute atomic E-state index is 12.2. The molecule has 3 rings (SSSR count). The Hall–Kier alpha value is -3.00. The van der Waals surface area contributed by atoms with Crippen molar-refractivity contribution in [3.8, 4) is 5.75 Å². The van der Waals surface area contributed by atoms with Crippen molar-refractivity contribution in [1.29, 1.82) is 0 Å². The smallest absolute Gasteiger partial charge is 0.342 e. The average molecular weight is 393 g/mol. The summed E-state index contributed by atoms with van der Waals surface area (Å²) in [6.45, 7) is 0.922. The first-order valence-corrected chi connectivity index (χ1v) is 8.59. The predicted molar refractivity (Wildman–Crippen MR) is 94.6 cm³/mol. The quantitative estimate of drug-likeness (QED) is 0.796. The van der Waals surface area contributed by atoms with Gasteiger partial charge in [0.15, 0.2) is 12.4 Å². The fraction of sp³-hybridized carbons (Fsp3) is 0.278. The van der Waals surface area contributed by atoms with Gasteiger partial charge in [0.2, 0.25) is 0 Å². The van der Waals surface area contributed by atoms with Crippen molar-refractivity contribution in [3.05, 3.63) is 52.9 Å². The van der Waals surface area contributed by atoms with Gasteiger partial charge in [0, 0.05) is 31.2 Å². The van der Waals surface area contributed by atoms with E-state index in [0.717, 1.165) is 0 Å². The van der Waals surface area contributed by atoms with Crippen LogP contribution in [0, 0.1) is 0 Å². The highest BCUT2D eigenvalue weighted by atomic mass is 35.5. The summed E-state index contributed by atoms with van der Waals surface area (Å²) in [5.74, 6) is -1.47. The van der Waals surface area contributed by atoms with Gasteiger partial charge < -0.3 is 24.1 Å². The second-order valence-electron chi connectivity index (χ2n) is 5.89. The lowest BCUT2D eigenvalue weighted by Crippen LogP contribution is -2.51. The number of phenolic OH excluding ortho intramolecular Hbond substituents is 1. The Bertz CT molecular complexity index is 844. The van der Waals surface area contributed by atoms with Gasteiger partial charge in [0.1, 0.15) is 11.3 Å². The topological polar surface area (TPSA) is 100 Å². The molecule has 9 heteroatoms. The molecule has 1 aromatic carbocycles. The Balaban J connectivity index is 1.48. The van der Waals surface area contributed by atoms with Crippen LogP contribution < -0.4 is 0 Å². The van der Waals surface area contributed by atoms with Gasteiger partial charge in [-0.25, -0.2) is 4.79 Å². The summed E-state index contributed by atoms with van der Waals surface area (Å²) in [6, 6.07) is 7.21. The van der Waals surface area contributed by atoms with Crippen molar-refractivity contribution in [2.24, 2.45) is 0 Å². The van der Waals surface area contributed by atoms with E-state index in [1.807, 2.05) is 0 Å². The molecule has 0 radical (unpaired) electrons. The lowest BCUT2D eigenvalue weighted by molar-refractivity contribution is -0.136. The SMILES string of the molecule is O=C(OCC(=O)N1CCN(C(=O)c2ccco2)CC1)c1ccc(Cl)cc1O. The molecule has 0 atom stereocenters. The van der Waals surface area contributed by atoms with Crippen LogP contribution in [0.4, 0.5) is 0 Å². The van der Waals surface area contributed by atoms with Crippen LogP contribution in [0.15, 0.2) is 41.0 Å². The first kappa shape index (κ1) is 18.8. The van der Waals surface area contributed by atoms with Crippen LogP contribution in [-0.2, 0) is 9.53 Å². The van der Waals surface area contributed by atoms with Crippen LogP contribution >= 0.6 is 11.6 Å². The summed E-state index contributed by atoms with van der Waals surface area (Å²) in [5, 5.41) is 9.99. The molecular weight excluding hydrogens is 376 g/mol. The number of furan rings is 1. The third-order valence-electron chi connectivity index (χ3n) is 4.16. The normalized spacial score (nSPS) is 14.1. The van der Waals surface area contributed by atoms with Gasteiger partial charge in [-0.3, -0.25) is 9.59 Å². The van der Waals surface area contributed by atoms with Gasteiger partial charge in [0.25, 0.3) is 11.8 Å². The summed E-state index contributed by atoms with van der Waals surface area (Å²) < 4.78 is 10.1. The molecule has 2 heterocycles. The van der Waals surface area contributed by atoms with Crippen LogP contribution in [0.2, 0.25) is 5.02 Å². The number of halogens is 1. The fourth-order valence-electron chi connectivity index (χ4n) is 2.69. The summed E-state index contributed by atoms with van der Waals surface area (Å²) >= 11 is 5.71. The lowest BCUT2D eigenvalue weighted by Gasteiger charge is -2.34. The average Bonchev–Trinajstić information content (AvgIpc) is 3.20. The number of nitrogens with zero attached hydrogens (tertiary/aromatic N) is 2. The van der Waals surface area contributed by atoms with E-state index in [4.69, 9.17) is 20.8 Å². The first-order chi connectivity index (χ1) is 13.0. The van der Waals surface area contributed by atoms with Crippen LogP contribution in [0.1, 0.15) is 20.9 Å². The second kappa shape index (κ2) is 8.13. The highest BCUT2D eigenvalue weighted by Gasteiger charge is 2.26. The summed E-state index contributed by atoms with van der Waals surface area (Å²) in [5.41, 5.74) is -0.0685. The van der Waals surface area contributed by atoms with E-state index in [1.54, 1.807) is 17.0 Å². The number of esters is 1. The largest absolute Gasteiger partial charge is 0.507 e. The number of ether oxygens (including phenoxy) is 1. The van der Waals surface area contributed by atoms with Gasteiger partial charge in [-0.05, 0) is 30.3 Å². The van der Waals surface area contributed by atoms with Gasteiger partial charge in [0.05, 0.1) is 6.26 Å². The Morgan fingerprint density at radius 1 is 1.11 bits per heavy atom. The molecule has 2 aromatic rings. The van der Waals surface area contributed by atoms with Crippen molar-refractivity contribution in [2.75, 3.05) is 32.8 Å². The maximum Gasteiger partial charge on any atom is 0.342 e. The molecule has 2 amide bonds. The van der Waals surface area contributed by atoms with Crippen molar-refractivity contribution in [2.45, 2.75) is 0 Å². The lowest BCUT2D eigenvalue weighted by atomic mass is 10.2. The molecule has 0 spiro atoms. The zero-order chi connectivity index (χ0) is 19.4. The number of rotatable bonds is 4. The molecule has 1 aromatic heterocycles. The summed E-state index contributed by atoms with van der Waals surface area (Å²) in [4.78, 5) is 39.5. The Morgan fingerprint density at radius 2 is 1.81 bits per heavy atom. The third-order valence-corrected chi connectivity index (χ3v) is 4.39. The van der Waals surface area contributed by atoms with E-state index in [0.29, 0.717) is 26.2 Å². The Morgan fingerprint density at radius 3 is 2.44 bits per heavy atom. The zero-order valence-corrected chi connectivity index (χ0v) is 15.0. The molecule has 8 nitrogen and oxygen atoms in total. The maximum atomic E-state index is 12.2. The minimum absolute atomic E-state index is 0.0685. The molecule has 1 fully saturated rings. The zero-order valence-electron chi connectivity index (χ0n) is 14.3. The number of carbonyl (C=O) groups excluding carboxylic acids is 3. The molecule has 1 N–H and O–H groups in total. The minimum Gasteiger partial charge on any atom is -0.507 e. The van der Waals surface area contributed by atoms with E-state index in [9.17, 15) is 19.5 Å². The monoisotopic (exact) mass is 392 g/mol. The third kappa shape index (κ3) is 4.40. The number of benzene rings is 1. The van der Waals surface area contributed by atoms with Crippen LogP contribution in [0.5, 0.6) is 5.75 Å². The number of phenols is 1. The molecular formula is C18H17ClN2O6. The van der Waals surface area contributed by atoms with Crippen LogP contribution in [0.25, 0.3) is 0 Å². The van der Waals surface area contributed by atoms with Gasteiger partial charge in [-0.15, -0.1) is 0 Å². The van der Waals surface area contributed by atoms with E-state index < -0.39 is 12.6 Å². The number of carbonyl (C=O) groups is 3. The highest BCUT2D eigenvalue weighted by Crippen LogP contribution is 2.22. The van der Waals surface area contributed by atoms with Crippen LogP contribution in [0.3, 0.4) is 0 Å². The van der Waals surface area contributed by atoms with Gasteiger partial charge in [-0.2, -0.15) is 0 Å². The Kier molecular flexibility index (Phi) is 5.66. The van der Waals surface area contributed by atoms with Crippen molar-refractivity contribution in [3.63, 3.8) is 0 Å². The van der Waals surface area contributed by atoms with E-state index in [2.05, 4.69) is 0 Å². The molecule has 0 unspecified atom stereocenters. The molecule has 0 bridgehead atoms. The molecule has 1 saturated heterocycles. The number of piperazine rings is 1. The molecule has 0 aliphatic carbocycles. The fourth-order valence-corrected chi connectivity index (χ4v) is 2.86. The standard InChI is InChI=1S/C18H17ClN2O6/c19-12-3-4-13(14(22)10-12)18(25)27-11-16(23)20-5-7-21(8-6-20)17(24)15-2-1-9-26-15/h1-4,9-10,22H,5-8,11H2. The second-order valence-corrected chi connectivity index (χ2v) is 6.32. The Labute approximate surface area is 159 Å². The summed E-state index contributed by atoms with van der Waals surface area (Å²) in [7, 11) is 0. The van der Waals surface area contributed by atoms with E-state index in [-0.39, 0.29) is 33.9 Å². The van der Waals surface area contributed by atoms with Crippen molar-refractivity contribution < 1.29 is 28.6 Å². The molecule has 1 aliphatic rings. The van der Waals surface area contributed by atoms with Gasteiger partial charge in [-0.1, -0.05) is 11.6 Å².